The summed E-state index contributed by atoms with van der Waals surface area (Å²) in [5.41, 5.74) is 5.84. The van der Waals surface area contributed by atoms with Gasteiger partial charge in [0, 0.05) is 30.8 Å². The third-order valence-electron chi connectivity index (χ3n) is 2.61. The number of hydrogen-bond donors (Lipinski definition) is 1. The molecule has 1 amide bonds. The average Bonchev–Trinajstić information content (AvgIpc) is 2.17. The van der Waals surface area contributed by atoms with Gasteiger partial charge in [-0.2, -0.15) is 11.8 Å². The number of amides is 1. The molecule has 4 heteroatoms. The van der Waals surface area contributed by atoms with Crippen LogP contribution in [0.15, 0.2) is 0 Å². The molecule has 0 aromatic carbocycles. The van der Waals surface area contributed by atoms with E-state index in [-0.39, 0.29) is 17.9 Å². The fourth-order valence-electron chi connectivity index (χ4n) is 1.84. The Morgan fingerprint density at radius 3 is 3.00 bits per heavy atom. The Bertz CT molecular complexity index is 199. The van der Waals surface area contributed by atoms with Gasteiger partial charge in [-0.3, -0.25) is 4.79 Å². The first-order valence-corrected chi connectivity index (χ1v) is 6.58. The summed E-state index contributed by atoms with van der Waals surface area (Å²) in [4.78, 5) is 13.8. The maximum Gasteiger partial charge on any atom is 0.226 e. The summed E-state index contributed by atoms with van der Waals surface area (Å²) >= 11 is 1.72. The van der Waals surface area contributed by atoms with Crippen LogP contribution in [0.5, 0.6) is 0 Å². The fourth-order valence-corrected chi connectivity index (χ4v) is 2.49. The molecule has 0 bridgehead atoms. The maximum absolute atomic E-state index is 11.9. The maximum atomic E-state index is 11.9. The van der Waals surface area contributed by atoms with Crippen LogP contribution in [0.2, 0.25) is 0 Å². The second kappa shape index (κ2) is 5.61. The number of carbonyl (C=O) groups is 1. The summed E-state index contributed by atoms with van der Waals surface area (Å²) in [6, 6.07) is 0.189. The van der Waals surface area contributed by atoms with Crippen LogP contribution < -0.4 is 5.73 Å². The summed E-state index contributed by atoms with van der Waals surface area (Å²) in [6.07, 6.45) is 4.14. The molecule has 1 aliphatic rings. The standard InChI is InChI=1S/C10H20N2OS/c1-8(7-14-2)10(13)12-5-3-4-9(11)6-12/h8-9H,3-7,11H2,1-2H3/t8?,9-/m1/s1. The van der Waals surface area contributed by atoms with E-state index in [2.05, 4.69) is 0 Å². The smallest absolute Gasteiger partial charge is 0.226 e. The van der Waals surface area contributed by atoms with Gasteiger partial charge in [0.1, 0.15) is 0 Å². The van der Waals surface area contributed by atoms with Gasteiger partial charge in [0.2, 0.25) is 5.91 Å². The highest BCUT2D eigenvalue weighted by Gasteiger charge is 2.24. The number of nitrogens with zero attached hydrogens (tertiary/aromatic N) is 1. The van der Waals surface area contributed by atoms with Gasteiger partial charge >= 0.3 is 0 Å². The molecule has 82 valence electrons. The van der Waals surface area contributed by atoms with Crippen molar-refractivity contribution in [3.63, 3.8) is 0 Å². The Hall–Kier alpha value is -0.220. The average molecular weight is 216 g/mol. The molecule has 1 heterocycles. The monoisotopic (exact) mass is 216 g/mol. The number of hydrogen-bond acceptors (Lipinski definition) is 3. The normalized spacial score (nSPS) is 24.8. The summed E-state index contributed by atoms with van der Waals surface area (Å²) < 4.78 is 0. The van der Waals surface area contributed by atoms with E-state index < -0.39 is 0 Å². The Balaban J connectivity index is 2.42. The van der Waals surface area contributed by atoms with Crippen LogP contribution >= 0.6 is 11.8 Å². The molecule has 1 saturated heterocycles. The van der Waals surface area contributed by atoms with E-state index in [1.807, 2.05) is 18.1 Å². The molecule has 0 aromatic rings. The first-order chi connectivity index (χ1) is 6.65. The molecule has 0 spiro atoms. The van der Waals surface area contributed by atoms with E-state index in [0.717, 1.165) is 31.7 Å². The number of thioether (sulfide) groups is 1. The van der Waals surface area contributed by atoms with E-state index in [0.29, 0.717) is 0 Å². The van der Waals surface area contributed by atoms with Crippen molar-refractivity contribution in [1.82, 2.24) is 4.90 Å². The fraction of sp³-hybridized carbons (Fsp3) is 0.900. The third-order valence-corrected chi connectivity index (χ3v) is 3.44. The Labute approximate surface area is 90.4 Å². The number of nitrogens with two attached hydrogens (primary N) is 1. The lowest BCUT2D eigenvalue weighted by Crippen LogP contribution is -2.47. The van der Waals surface area contributed by atoms with Gasteiger partial charge in [0.25, 0.3) is 0 Å². The van der Waals surface area contributed by atoms with Gasteiger partial charge in [-0.25, -0.2) is 0 Å². The van der Waals surface area contributed by atoms with Gasteiger partial charge in [-0.1, -0.05) is 6.92 Å². The molecule has 1 unspecified atom stereocenters. The van der Waals surface area contributed by atoms with Crippen molar-refractivity contribution in [2.45, 2.75) is 25.8 Å². The predicted octanol–water partition coefficient (Wildman–Crippen LogP) is 0.935. The van der Waals surface area contributed by atoms with Crippen LogP contribution in [0.3, 0.4) is 0 Å². The lowest BCUT2D eigenvalue weighted by molar-refractivity contribution is -0.135. The first kappa shape index (κ1) is 11.9. The highest BCUT2D eigenvalue weighted by Crippen LogP contribution is 2.14. The second-order valence-corrected chi connectivity index (χ2v) is 4.95. The second-order valence-electron chi connectivity index (χ2n) is 4.04. The van der Waals surface area contributed by atoms with Crippen LogP contribution in [-0.4, -0.2) is 41.9 Å². The van der Waals surface area contributed by atoms with E-state index >= 15 is 0 Å². The molecule has 2 N–H and O–H groups in total. The van der Waals surface area contributed by atoms with Crippen molar-refractivity contribution >= 4 is 17.7 Å². The summed E-state index contributed by atoms with van der Waals surface area (Å²) in [6.45, 7) is 3.64. The third kappa shape index (κ3) is 3.17. The molecule has 1 aliphatic heterocycles. The lowest BCUT2D eigenvalue weighted by Gasteiger charge is -2.32. The molecular formula is C10H20N2OS. The summed E-state index contributed by atoms with van der Waals surface area (Å²) in [5, 5.41) is 0. The number of piperidine rings is 1. The zero-order valence-electron chi connectivity index (χ0n) is 9.03. The molecule has 2 atom stereocenters. The van der Waals surface area contributed by atoms with Gasteiger partial charge in [0.05, 0.1) is 0 Å². The lowest BCUT2D eigenvalue weighted by atomic mass is 10.0. The molecule has 0 saturated carbocycles. The summed E-state index contributed by atoms with van der Waals surface area (Å²) in [5.74, 6) is 1.31. The van der Waals surface area contributed by atoms with Crippen LogP contribution in [-0.2, 0) is 4.79 Å². The zero-order chi connectivity index (χ0) is 10.6. The molecule has 0 aromatic heterocycles. The molecule has 3 nitrogen and oxygen atoms in total. The predicted molar refractivity (Wildman–Crippen MR) is 61.3 cm³/mol. The van der Waals surface area contributed by atoms with Crippen molar-refractivity contribution in [2.75, 3.05) is 25.1 Å². The number of likely N-dealkylation sites (tertiary alicyclic amines) is 1. The minimum Gasteiger partial charge on any atom is -0.341 e. The van der Waals surface area contributed by atoms with E-state index in [1.54, 1.807) is 11.8 Å². The van der Waals surface area contributed by atoms with Gasteiger partial charge < -0.3 is 10.6 Å². The molecule has 14 heavy (non-hydrogen) atoms. The van der Waals surface area contributed by atoms with Gasteiger partial charge in [-0.05, 0) is 19.1 Å². The topological polar surface area (TPSA) is 46.3 Å². The number of rotatable bonds is 3. The van der Waals surface area contributed by atoms with Crippen LogP contribution in [0.25, 0.3) is 0 Å². The Morgan fingerprint density at radius 1 is 1.71 bits per heavy atom. The van der Waals surface area contributed by atoms with Gasteiger partial charge in [0.15, 0.2) is 0 Å². The van der Waals surface area contributed by atoms with Crippen LogP contribution in [0.1, 0.15) is 19.8 Å². The SMILES string of the molecule is CSCC(C)C(=O)N1CCC[C@@H](N)C1. The van der Waals surface area contributed by atoms with E-state index in [4.69, 9.17) is 5.73 Å². The van der Waals surface area contributed by atoms with Crippen molar-refractivity contribution in [3.05, 3.63) is 0 Å². The highest BCUT2D eigenvalue weighted by atomic mass is 32.2. The van der Waals surface area contributed by atoms with Crippen molar-refractivity contribution in [1.29, 1.82) is 0 Å². The quantitative estimate of drug-likeness (QED) is 0.763. The van der Waals surface area contributed by atoms with E-state index in [1.165, 1.54) is 0 Å². The zero-order valence-corrected chi connectivity index (χ0v) is 9.85. The van der Waals surface area contributed by atoms with Crippen LogP contribution in [0.4, 0.5) is 0 Å². The van der Waals surface area contributed by atoms with Crippen LogP contribution in [0, 0.1) is 5.92 Å². The van der Waals surface area contributed by atoms with E-state index in [9.17, 15) is 4.79 Å². The Morgan fingerprint density at radius 2 is 2.43 bits per heavy atom. The largest absolute Gasteiger partial charge is 0.341 e. The molecular weight excluding hydrogens is 196 g/mol. The summed E-state index contributed by atoms with van der Waals surface area (Å²) in [7, 11) is 0. The van der Waals surface area contributed by atoms with Crippen molar-refractivity contribution in [3.8, 4) is 0 Å². The molecule has 1 rings (SSSR count). The number of carbonyl (C=O) groups excluding carboxylic acids is 1. The molecule has 0 radical (unpaired) electrons. The Kier molecular flexibility index (Phi) is 4.75. The van der Waals surface area contributed by atoms with Crippen molar-refractivity contribution in [2.24, 2.45) is 11.7 Å². The minimum absolute atomic E-state index is 0.135. The molecule has 1 fully saturated rings. The van der Waals surface area contributed by atoms with Crippen molar-refractivity contribution < 1.29 is 4.79 Å². The molecule has 0 aliphatic carbocycles. The van der Waals surface area contributed by atoms with Gasteiger partial charge in [-0.15, -0.1) is 0 Å². The minimum atomic E-state index is 0.135. The highest BCUT2D eigenvalue weighted by molar-refractivity contribution is 7.98. The first-order valence-electron chi connectivity index (χ1n) is 5.18.